The number of carbonyl (C=O) groups is 1. The maximum absolute atomic E-state index is 12.9. The van der Waals surface area contributed by atoms with E-state index in [0.29, 0.717) is 13.1 Å². The predicted molar refractivity (Wildman–Crippen MR) is 86.2 cm³/mol. The zero-order valence-electron chi connectivity index (χ0n) is 13.4. The molecule has 6 nitrogen and oxygen atoms in total. The topological polar surface area (TPSA) is 69.0 Å². The van der Waals surface area contributed by atoms with Crippen LogP contribution in [-0.4, -0.2) is 34.3 Å². The van der Waals surface area contributed by atoms with Crippen molar-refractivity contribution in [3.63, 3.8) is 0 Å². The summed E-state index contributed by atoms with van der Waals surface area (Å²) in [6, 6.07) is 7.89. The minimum absolute atomic E-state index is 0.111. The molecule has 2 aromatic rings. The van der Waals surface area contributed by atoms with E-state index in [4.69, 9.17) is 4.74 Å². The Morgan fingerprint density at radius 1 is 1.30 bits per heavy atom. The Labute approximate surface area is 135 Å². The third-order valence-corrected chi connectivity index (χ3v) is 4.63. The molecule has 1 N–H and O–H groups in total. The third-order valence-electron chi connectivity index (χ3n) is 4.63. The first kappa shape index (κ1) is 15.5. The Balaban J connectivity index is 1.70. The fourth-order valence-corrected chi connectivity index (χ4v) is 3.34. The van der Waals surface area contributed by atoms with Crippen molar-refractivity contribution in [1.29, 1.82) is 0 Å². The van der Waals surface area contributed by atoms with Crippen molar-refractivity contribution in [3.8, 4) is 5.75 Å². The first-order valence-electron chi connectivity index (χ1n) is 8.00. The molecule has 0 atom stereocenters. The molecule has 23 heavy (non-hydrogen) atoms. The van der Waals surface area contributed by atoms with Gasteiger partial charge >= 0.3 is 0 Å². The average molecular weight is 314 g/mol. The summed E-state index contributed by atoms with van der Waals surface area (Å²) >= 11 is 0. The molecule has 1 fully saturated rings. The van der Waals surface area contributed by atoms with Crippen LogP contribution in [0.1, 0.15) is 31.2 Å². The fraction of sp³-hybridized carbons (Fsp3) is 0.471. The molecule has 1 aromatic carbocycles. The number of nitrogens with one attached hydrogen (secondary N) is 1. The van der Waals surface area contributed by atoms with Gasteiger partial charge < -0.3 is 10.1 Å². The largest absolute Gasteiger partial charge is 0.497 e. The Morgan fingerprint density at radius 2 is 2.04 bits per heavy atom. The number of hydrogen-bond donors (Lipinski definition) is 1. The van der Waals surface area contributed by atoms with Crippen molar-refractivity contribution in [2.24, 2.45) is 0 Å². The number of benzene rings is 1. The molecule has 1 amide bonds. The van der Waals surface area contributed by atoms with Gasteiger partial charge in [0.1, 0.15) is 18.4 Å². The molecule has 0 radical (unpaired) electrons. The highest BCUT2D eigenvalue weighted by molar-refractivity contribution is 5.88. The molecule has 0 bridgehead atoms. The molecule has 1 heterocycles. The highest BCUT2D eigenvalue weighted by Gasteiger charge is 2.42. The van der Waals surface area contributed by atoms with Crippen molar-refractivity contribution in [3.05, 3.63) is 42.5 Å². The SMILES string of the molecule is COc1ccc(C2(C(=O)NCCn3cncn3)CCCC2)cc1. The quantitative estimate of drug-likeness (QED) is 0.884. The predicted octanol–water partition coefficient (Wildman–Crippen LogP) is 1.91. The maximum atomic E-state index is 12.9. The first-order chi connectivity index (χ1) is 11.2. The molecule has 122 valence electrons. The number of nitrogens with zero attached hydrogens (tertiary/aromatic N) is 3. The van der Waals surface area contributed by atoms with Gasteiger partial charge in [0.2, 0.25) is 5.91 Å². The van der Waals surface area contributed by atoms with Gasteiger partial charge in [-0.05, 0) is 30.5 Å². The normalized spacial score (nSPS) is 16.2. The van der Waals surface area contributed by atoms with E-state index in [2.05, 4.69) is 15.4 Å². The maximum Gasteiger partial charge on any atom is 0.230 e. The Morgan fingerprint density at radius 3 is 2.65 bits per heavy atom. The third kappa shape index (κ3) is 3.21. The molecule has 6 heteroatoms. The molecule has 1 aliphatic carbocycles. The number of ether oxygens (including phenoxy) is 1. The van der Waals surface area contributed by atoms with Crippen molar-refractivity contribution in [2.45, 2.75) is 37.6 Å². The Bertz CT molecular complexity index is 631. The molecule has 0 spiro atoms. The minimum Gasteiger partial charge on any atom is -0.497 e. The van der Waals surface area contributed by atoms with E-state index in [1.807, 2.05) is 24.3 Å². The minimum atomic E-state index is -0.408. The van der Waals surface area contributed by atoms with E-state index in [9.17, 15) is 4.79 Å². The second-order valence-corrected chi connectivity index (χ2v) is 5.93. The van der Waals surface area contributed by atoms with Gasteiger partial charge in [-0.3, -0.25) is 9.48 Å². The molecule has 1 saturated carbocycles. The van der Waals surface area contributed by atoms with Crippen LogP contribution in [0.5, 0.6) is 5.75 Å². The van der Waals surface area contributed by atoms with Gasteiger partial charge in [-0.15, -0.1) is 0 Å². The van der Waals surface area contributed by atoms with E-state index in [-0.39, 0.29) is 5.91 Å². The molecule has 1 aliphatic rings. The fourth-order valence-electron chi connectivity index (χ4n) is 3.34. The van der Waals surface area contributed by atoms with Crippen LogP contribution in [0.25, 0.3) is 0 Å². The van der Waals surface area contributed by atoms with Crippen LogP contribution in [0.15, 0.2) is 36.9 Å². The second-order valence-electron chi connectivity index (χ2n) is 5.93. The van der Waals surface area contributed by atoms with Crippen LogP contribution >= 0.6 is 0 Å². The molecule has 1 aromatic heterocycles. The van der Waals surface area contributed by atoms with E-state index >= 15 is 0 Å². The standard InChI is InChI=1S/C17H22N4O2/c1-23-15-6-4-14(5-7-15)17(8-2-3-9-17)16(22)19-10-11-21-13-18-12-20-21/h4-7,12-13H,2-3,8-11H2,1H3,(H,19,22). The van der Waals surface area contributed by atoms with Crippen molar-refractivity contribution >= 4 is 5.91 Å². The van der Waals surface area contributed by atoms with Gasteiger partial charge in [-0.2, -0.15) is 5.10 Å². The number of carbonyl (C=O) groups excluding carboxylic acids is 1. The number of hydrogen-bond acceptors (Lipinski definition) is 4. The van der Waals surface area contributed by atoms with Crippen LogP contribution in [-0.2, 0) is 16.8 Å². The van der Waals surface area contributed by atoms with Gasteiger partial charge in [-0.1, -0.05) is 25.0 Å². The molecule has 0 aliphatic heterocycles. The van der Waals surface area contributed by atoms with Crippen LogP contribution in [0.3, 0.4) is 0 Å². The second kappa shape index (κ2) is 6.81. The molecular weight excluding hydrogens is 292 g/mol. The van der Waals surface area contributed by atoms with E-state index in [0.717, 1.165) is 37.0 Å². The lowest BCUT2D eigenvalue weighted by Gasteiger charge is -2.28. The summed E-state index contributed by atoms with van der Waals surface area (Å²) in [4.78, 5) is 16.8. The summed E-state index contributed by atoms with van der Waals surface area (Å²) in [6.45, 7) is 1.19. The summed E-state index contributed by atoms with van der Waals surface area (Å²) in [5.74, 6) is 0.925. The lowest BCUT2D eigenvalue weighted by atomic mass is 9.78. The lowest BCUT2D eigenvalue weighted by Crippen LogP contribution is -2.43. The van der Waals surface area contributed by atoms with Crippen LogP contribution < -0.4 is 10.1 Å². The number of methoxy groups -OCH3 is 1. The van der Waals surface area contributed by atoms with Crippen molar-refractivity contribution in [1.82, 2.24) is 20.1 Å². The Kier molecular flexibility index (Phi) is 4.60. The summed E-state index contributed by atoms with van der Waals surface area (Å²) in [5, 5.41) is 7.12. The van der Waals surface area contributed by atoms with Crippen molar-refractivity contribution in [2.75, 3.05) is 13.7 Å². The number of rotatable bonds is 6. The summed E-state index contributed by atoms with van der Waals surface area (Å²) in [7, 11) is 1.65. The lowest BCUT2D eigenvalue weighted by molar-refractivity contribution is -0.126. The Hall–Kier alpha value is -2.37. The van der Waals surface area contributed by atoms with Gasteiger partial charge in [-0.25, -0.2) is 4.98 Å². The van der Waals surface area contributed by atoms with Crippen LogP contribution in [0.2, 0.25) is 0 Å². The summed E-state index contributed by atoms with van der Waals surface area (Å²) < 4.78 is 6.93. The first-order valence-corrected chi connectivity index (χ1v) is 8.00. The van der Waals surface area contributed by atoms with E-state index in [1.54, 1.807) is 18.1 Å². The van der Waals surface area contributed by atoms with Gasteiger partial charge in [0.15, 0.2) is 0 Å². The highest BCUT2D eigenvalue weighted by atomic mass is 16.5. The van der Waals surface area contributed by atoms with Crippen LogP contribution in [0.4, 0.5) is 0 Å². The zero-order valence-corrected chi connectivity index (χ0v) is 13.4. The smallest absolute Gasteiger partial charge is 0.230 e. The van der Waals surface area contributed by atoms with E-state index < -0.39 is 5.41 Å². The van der Waals surface area contributed by atoms with Crippen molar-refractivity contribution < 1.29 is 9.53 Å². The molecular formula is C17H22N4O2. The molecule has 0 unspecified atom stereocenters. The molecule has 0 saturated heterocycles. The zero-order chi connectivity index (χ0) is 16.1. The van der Waals surface area contributed by atoms with Gasteiger partial charge in [0, 0.05) is 6.54 Å². The number of amides is 1. The average Bonchev–Trinajstić information content (AvgIpc) is 3.27. The molecule has 3 rings (SSSR count). The highest BCUT2D eigenvalue weighted by Crippen LogP contribution is 2.41. The summed E-state index contributed by atoms with van der Waals surface area (Å²) in [6.07, 6.45) is 7.12. The summed E-state index contributed by atoms with van der Waals surface area (Å²) in [5.41, 5.74) is 0.670. The van der Waals surface area contributed by atoms with E-state index in [1.165, 1.54) is 6.33 Å². The monoisotopic (exact) mass is 314 g/mol. The van der Waals surface area contributed by atoms with Gasteiger partial charge in [0.25, 0.3) is 0 Å². The van der Waals surface area contributed by atoms with Crippen LogP contribution in [0, 0.1) is 0 Å². The van der Waals surface area contributed by atoms with Gasteiger partial charge in [0.05, 0.1) is 19.1 Å². The number of aromatic nitrogens is 3.